The van der Waals surface area contributed by atoms with Crippen LogP contribution in [-0.2, 0) is 4.79 Å². The van der Waals surface area contributed by atoms with E-state index in [4.69, 9.17) is 0 Å². The number of carbonyl (C=O) groups is 1. The van der Waals surface area contributed by atoms with E-state index >= 15 is 0 Å². The van der Waals surface area contributed by atoms with Gasteiger partial charge < -0.3 is 5.11 Å². The fourth-order valence-electron chi connectivity index (χ4n) is 1.74. The van der Waals surface area contributed by atoms with Gasteiger partial charge in [-0.3, -0.25) is 14.6 Å². The molecule has 1 N–H and O–H groups in total. The summed E-state index contributed by atoms with van der Waals surface area (Å²) < 4.78 is 0. The zero-order valence-electron chi connectivity index (χ0n) is 9.17. The number of hydrogen-bond acceptors (Lipinski definition) is 5. The van der Waals surface area contributed by atoms with Gasteiger partial charge in [-0.25, -0.2) is 4.98 Å². The fourth-order valence-corrected chi connectivity index (χ4v) is 2.37. The van der Waals surface area contributed by atoms with Crippen molar-refractivity contribution < 1.29 is 9.90 Å². The Hall–Kier alpha value is -0.980. The smallest absolute Gasteiger partial charge is 0.242 e. The predicted molar refractivity (Wildman–Crippen MR) is 62.6 cm³/mol. The quantitative estimate of drug-likeness (QED) is 0.820. The summed E-state index contributed by atoms with van der Waals surface area (Å²) in [7, 11) is 1.73. The zero-order chi connectivity index (χ0) is 11.5. The third-order valence-electron chi connectivity index (χ3n) is 2.69. The molecule has 0 unspecified atom stereocenters. The molecule has 0 radical (unpaired) electrons. The Balaban J connectivity index is 1.88. The van der Waals surface area contributed by atoms with Crippen LogP contribution in [0.3, 0.4) is 0 Å². The van der Waals surface area contributed by atoms with Gasteiger partial charge in [-0.15, -0.1) is 11.3 Å². The van der Waals surface area contributed by atoms with Crippen LogP contribution in [0.2, 0.25) is 0 Å². The number of carbonyl (C=O) groups excluding carboxylic acids is 1. The molecule has 6 heteroatoms. The van der Waals surface area contributed by atoms with Gasteiger partial charge in [-0.2, -0.15) is 0 Å². The summed E-state index contributed by atoms with van der Waals surface area (Å²) in [6.45, 7) is 1.74. The molecule has 0 spiro atoms. The lowest BCUT2D eigenvalue weighted by Crippen LogP contribution is -2.37. The first-order chi connectivity index (χ1) is 7.66. The lowest BCUT2D eigenvalue weighted by atomic mass is 10.3. The monoisotopic (exact) mass is 241 g/mol. The predicted octanol–water partition coefficient (Wildman–Crippen LogP) is 0.172. The highest BCUT2D eigenvalue weighted by molar-refractivity contribution is 7.13. The number of β-amino-alcohol motifs (C(OH)–C–C–N with tert-alkyl or cyclic N) is 1. The Morgan fingerprint density at radius 3 is 3.19 bits per heavy atom. The zero-order valence-corrected chi connectivity index (χ0v) is 9.98. The highest BCUT2D eigenvalue weighted by Gasteiger charge is 2.24. The summed E-state index contributed by atoms with van der Waals surface area (Å²) in [4.78, 5) is 19.5. The Labute approximate surface area is 98.3 Å². The summed E-state index contributed by atoms with van der Waals surface area (Å²) in [5, 5.41) is 11.9. The molecule has 2 rings (SSSR count). The number of likely N-dealkylation sites (N-methyl/N-ethyl adjacent to an activating group) is 1. The maximum atomic E-state index is 11.9. The van der Waals surface area contributed by atoms with Crippen LogP contribution in [0.1, 0.15) is 6.42 Å². The first-order valence-corrected chi connectivity index (χ1v) is 6.11. The molecule has 1 amide bonds. The highest BCUT2D eigenvalue weighted by atomic mass is 32.1. The van der Waals surface area contributed by atoms with Crippen molar-refractivity contribution in [1.29, 1.82) is 0 Å². The topological polar surface area (TPSA) is 56.7 Å². The van der Waals surface area contributed by atoms with Gasteiger partial charge in [0.05, 0.1) is 12.6 Å². The molecule has 2 heterocycles. The van der Waals surface area contributed by atoms with Crippen molar-refractivity contribution in [3.05, 3.63) is 11.6 Å². The number of hydrogen-bond donors (Lipinski definition) is 1. The average Bonchev–Trinajstić information content (AvgIpc) is 2.88. The van der Waals surface area contributed by atoms with E-state index in [1.54, 1.807) is 18.1 Å². The van der Waals surface area contributed by atoms with Gasteiger partial charge in [-0.05, 0) is 6.42 Å². The molecule has 16 heavy (non-hydrogen) atoms. The minimum absolute atomic E-state index is 0.0176. The van der Waals surface area contributed by atoms with E-state index in [0.29, 0.717) is 18.2 Å². The van der Waals surface area contributed by atoms with Crippen molar-refractivity contribution in [2.24, 2.45) is 0 Å². The number of rotatable bonds is 3. The van der Waals surface area contributed by atoms with Crippen LogP contribution in [0.5, 0.6) is 0 Å². The second-order valence-electron chi connectivity index (χ2n) is 3.95. The van der Waals surface area contributed by atoms with Gasteiger partial charge in [0, 0.05) is 31.7 Å². The van der Waals surface area contributed by atoms with Crippen LogP contribution >= 0.6 is 11.3 Å². The van der Waals surface area contributed by atoms with E-state index in [2.05, 4.69) is 4.98 Å². The summed E-state index contributed by atoms with van der Waals surface area (Å²) in [5.74, 6) is 0.0176. The van der Waals surface area contributed by atoms with Gasteiger partial charge in [-0.1, -0.05) is 0 Å². The summed E-state index contributed by atoms with van der Waals surface area (Å²) in [5.41, 5.74) is 0. The second kappa shape index (κ2) is 4.90. The molecule has 1 aromatic heterocycles. The SMILES string of the molecule is CN(C(=O)CN1CC[C@@H](O)C1)c1nccs1. The van der Waals surface area contributed by atoms with E-state index in [9.17, 15) is 9.90 Å². The molecule has 1 atom stereocenters. The van der Waals surface area contributed by atoms with Crippen molar-refractivity contribution in [2.45, 2.75) is 12.5 Å². The molecular formula is C10H15N3O2S. The molecule has 1 aliphatic rings. The Morgan fingerprint density at radius 1 is 1.81 bits per heavy atom. The number of aromatic nitrogens is 1. The van der Waals surface area contributed by atoms with E-state index in [1.165, 1.54) is 11.3 Å². The Morgan fingerprint density at radius 2 is 2.62 bits per heavy atom. The standard InChI is InChI=1S/C10H15N3O2S/c1-12(10-11-3-5-16-10)9(15)7-13-4-2-8(14)6-13/h3,5,8,14H,2,4,6-7H2,1H3/t8-/m1/s1. The molecular weight excluding hydrogens is 226 g/mol. The van der Waals surface area contributed by atoms with Gasteiger partial charge >= 0.3 is 0 Å². The maximum absolute atomic E-state index is 11.9. The molecule has 0 aliphatic carbocycles. The van der Waals surface area contributed by atoms with Crippen LogP contribution in [0.15, 0.2) is 11.6 Å². The number of thiazole rings is 1. The minimum atomic E-state index is -0.280. The summed E-state index contributed by atoms with van der Waals surface area (Å²) in [6, 6.07) is 0. The molecule has 1 aromatic rings. The van der Waals surface area contributed by atoms with Crippen molar-refractivity contribution in [3.63, 3.8) is 0 Å². The van der Waals surface area contributed by atoms with Gasteiger partial charge in [0.15, 0.2) is 5.13 Å². The van der Waals surface area contributed by atoms with Gasteiger partial charge in [0.25, 0.3) is 0 Å². The normalized spacial score (nSPS) is 21.2. The van der Waals surface area contributed by atoms with Crippen LogP contribution < -0.4 is 4.90 Å². The van der Waals surface area contributed by atoms with Gasteiger partial charge in [0.1, 0.15) is 0 Å². The number of aliphatic hydroxyl groups excluding tert-OH is 1. The number of nitrogens with zero attached hydrogens (tertiary/aromatic N) is 3. The van der Waals surface area contributed by atoms with Gasteiger partial charge in [0.2, 0.25) is 5.91 Å². The van der Waals surface area contributed by atoms with Crippen molar-refractivity contribution in [1.82, 2.24) is 9.88 Å². The van der Waals surface area contributed by atoms with E-state index < -0.39 is 0 Å². The lowest BCUT2D eigenvalue weighted by Gasteiger charge is -2.19. The number of amides is 1. The largest absolute Gasteiger partial charge is 0.392 e. The van der Waals surface area contributed by atoms with Crippen LogP contribution in [0, 0.1) is 0 Å². The first-order valence-electron chi connectivity index (χ1n) is 5.23. The third kappa shape index (κ3) is 2.58. The van der Waals surface area contributed by atoms with Crippen molar-refractivity contribution >= 4 is 22.4 Å². The van der Waals surface area contributed by atoms with Crippen LogP contribution in [-0.4, -0.2) is 53.7 Å². The third-order valence-corrected chi connectivity index (χ3v) is 3.53. The molecule has 5 nitrogen and oxygen atoms in total. The molecule has 1 aliphatic heterocycles. The molecule has 1 fully saturated rings. The number of anilines is 1. The molecule has 0 aromatic carbocycles. The van der Waals surface area contributed by atoms with Crippen LogP contribution in [0.25, 0.3) is 0 Å². The summed E-state index contributed by atoms with van der Waals surface area (Å²) in [6.07, 6.45) is 2.16. The number of likely N-dealkylation sites (tertiary alicyclic amines) is 1. The van der Waals surface area contributed by atoms with E-state index in [1.807, 2.05) is 10.3 Å². The van der Waals surface area contributed by atoms with Crippen LogP contribution in [0.4, 0.5) is 5.13 Å². The average molecular weight is 241 g/mol. The molecule has 0 bridgehead atoms. The van der Waals surface area contributed by atoms with E-state index in [0.717, 1.165) is 13.0 Å². The molecule has 88 valence electrons. The van der Waals surface area contributed by atoms with E-state index in [-0.39, 0.29) is 12.0 Å². The minimum Gasteiger partial charge on any atom is -0.392 e. The molecule has 0 saturated carbocycles. The fraction of sp³-hybridized carbons (Fsp3) is 0.600. The first kappa shape index (κ1) is 11.5. The Bertz CT molecular complexity index is 355. The maximum Gasteiger partial charge on any atom is 0.242 e. The second-order valence-corrected chi connectivity index (χ2v) is 4.82. The number of aliphatic hydroxyl groups is 1. The summed E-state index contributed by atoms with van der Waals surface area (Å²) >= 11 is 1.44. The lowest BCUT2D eigenvalue weighted by molar-refractivity contribution is -0.119. The van der Waals surface area contributed by atoms with Crippen molar-refractivity contribution in [2.75, 3.05) is 31.6 Å². The Kier molecular flexibility index (Phi) is 3.52. The highest BCUT2D eigenvalue weighted by Crippen LogP contribution is 2.16. The van der Waals surface area contributed by atoms with Crippen molar-refractivity contribution in [3.8, 4) is 0 Å². The molecule has 1 saturated heterocycles.